The topological polar surface area (TPSA) is 122 Å². The second kappa shape index (κ2) is 8.05. The van der Waals surface area contributed by atoms with Gasteiger partial charge in [-0.05, 0) is 23.3 Å². The van der Waals surface area contributed by atoms with Gasteiger partial charge in [0.1, 0.15) is 21.5 Å². The van der Waals surface area contributed by atoms with E-state index in [0.717, 1.165) is 19.2 Å². The van der Waals surface area contributed by atoms with E-state index >= 15 is 0 Å². The molecule has 1 heterocycles. The molecule has 1 unspecified atom stereocenters. The number of hydrogen-bond acceptors (Lipinski definition) is 8. The molecule has 2 aromatic carbocycles. The molecule has 1 atom stereocenters. The van der Waals surface area contributed by atoms with E-state index in [4.69, 9.17) is 14.7 Å². The first-order valence-electron chi connectivity index (χ1n) is 9.46. The number of Topliss-reactive ketones (excluding diaryl/α,β-unsaturated/α-hetero) is 1. The Labute approximate surface area is 187 Å². The third-order valence-corrected chi connectivity index (χ3v) is 7.26. The zero-order valence-corrected chi connectivity index (χ0v) is 18.7. The number of carbonyl (C=O) groups is 2. The van der Waals surface area contributed by atoms with Gasteiger partial charge in [0.25, 0.3) is 0 Å². The number of carbonyl (C=O) groups excluding carboxylic acids is 2. The van der Waals surface area contributed by atoms with Crippen LogP contribution in [-0.2, 0) is 38.6 Å². The van der Waals surface area contributed by atoms with Crippen LogP contribution in [0.5, 0.6) is 0 Å². The molecule has 0 aromatic heterocycles. The van der Waals surface area contributed by atoms with E-state index < -0.39 is 49.4 Å². The predicted octanol–water partition coefficient (Wildman–Crippen LogP) is -1.45. The van der Waals surface area contributed by atoms with Crippen molar-refractivity contribution in [2.75, 3.05) is 7.11 Å². The van der Waals surface area contributed by atoms with Crippen LogP contribution in [0.25, 0.3) is 0 Å². The van der Waals surface area contributed by atoms with Crippen LogP contribution in [0.2, 0.25) is 0 Å². The summed E-state index contributed by atoms with van der Waals surface area (Å²) in [5.74, 6) is -4.00. The Morgan fingerprint density at radius 2 is 1.81 bits per heavy atom. The molecule has 0 fully saturated rings. The Morgan fingerprint density at radius 3 is 2.38 bits per heavy atom. The first kappa shape index (κ1) is 23.5. The third kappa shape index (κ3) is 3.77. The molecule has 0 spiro atoms. The summed E-state index contributed by atoms with van der Waals surface area (Å²) in [7, 11) is 0.848. The van der Waals surface area contributed by atoms with Gasteiger partial charge < -0.3 is 19.4 Å². The van der Waals surface area contributed by atoms with Gasteiger partial charge in [-0.25, -0.2) is 9.18 Å². The maximum Gasteiger partial charge on any atom is 0.340 e. The largest absolute Gasteiger partial charge is 0.467 e. The molecular weight excluding hydrogens is 438 g/mol. The van der Waals surface area contributed by atoms with Crippen LogP contribution in [0.15, 0.2) is 60.2 Å². The summed E-state index contributed by atoms with van der Waals surface area (Å²) in [6, 6.07) is 11.6. The fourth-order valence-corrected chi connectivity index (χ4v) is 4.21. The van der Waals surface area contributed by atoms with E-state index in [1.54, 1.807) is 30.3 Å². The van der Waals surface area contributed by atoms with Crippen molar-refractivity contribution in [3.05, 3.63) is 82.7 Å². The lowest BCUT2D eigenvalue weighted by Crippen LogP contribution is -2.40. The molecule has 0 amide bonds. The van der Waals surface area contributed by atoms with E-state index in [1.807, 2.05) is 0 Å². The van der Waals surface area contributed by atoms with Crippen LogP contribution in [-0.4, -0.2) is 50.8 Å². The molecule has 1 aliphatic rings. The average Bonchev–Trinajstić information content (AvgIpc) is 2.97. The molecular formula is C19H19B3FNO7S. The van der Waals surface area contributed by atoms with Crippen molar-refractivity contribution in [3.8, 4) is 0 Å². The first-order valence-corrected chi connectivity index (χ1v) is 10.9. The van der Waals surface area contributed by atoms with Gasteiger partial charge in [-0.2, -0.15) is 8.42 Å². The van der Waals surface area contributed by atoms with Crippen LogP contribution >= 0.6 is 0 Å². The maximum atomic E-state index is 14.4. The first-order chi connectivity index (χ1) is 14.8. The summed E-state index contributed by atoms with van der Waals surface area (Å²) in [6.45, 7) is 0. The smallest absolute Gasteiger partial charge is 0.340 e. The Bertz CT molecular complexity index is 1230. The Kier molecular flexibility index (Phi) is 5.90. The van der Waals surface area contributed by atoms with Gasteiger partial charge in [0.05, 0.1) is 17.2 Å². The second-order valence-electron chi connectivity index (χ2n) is 7.76. The number of halogens is 1. The quantitative estimate of drug-likeness (QED) is 0.318. The lowest BCUT2D eigenvalue weighted by Gasteiger charge is -2.26. The van der Waals surface area contributed by atoms with Crippen molar-refractivity contribution in [2.24, 2.45) is 5.73 Å². The summed E-state index contributed by atoms with van der Waals surface area (Å²) >= 11 is 0. The molecule has 2 aromatic rings. The Balaban J connectivity index is 1.93. The zero-order valence-electron chi connectivity index (χ0n) is 17.8. The summed E-state index contributed by atoms with van der Waals surface area (Å²) in [5, 5.41) is 0. The number of ether oxygens (including phenoxy) is 2. The zero-order chi connectivity index (χ0) is 23.9. The molecule has 0 bridgehead atoms. The Morgan fingerprint density at radius 1 is 1.19 bits per heavy atom. The van der Waals surface area contributed by atoms with Crippen LogP contribution in [0, 0.1) is 5.82 Å². The second-order valence-corrected chi connectivity index (χ2v) is 9.85. The van der Waals surface area contributed by atoms with E-state index in [2.05, 4.69) is 4.74 Å². The van der Waals surface area contributed by atoms with Gasteiger partial charge >= 0.3 is 16.1 Å². The van der Waals surface area contributed by atoms with Crippen LogP contribution < -0.4 is 5.73 Å². The molecule has 164 valence electrons. The Hall–Kier alpha value is -3.21. The highest BCUT2D eigenvalue weighted by Gasteiger charge is 2.51. The normalized spacial score (nSPS) is 18.9. The van der Waals surface area contributed by atoms with Gasteiger partial charge in [0, 0.05) is 0 Å². The standard InChI is InChI=1S/C19H19B3FNO7S/c1-29-17(26)12-8-7-11(9-13(12)23)18(20)15(25)14(16(24)30-18)31-32(27,28)19(21,22)10-5-3-2-4-6-10/h2-9H,20-22,24H2,1H3. The minimum absolute atomic E-state index is 0.00826. The number of esters is 1. The monoisotopic (exact) mass is 457 g/mol. The maximum absolute atomic E-state index is 14.4. The molecule has 8 nitrogen and oxygen atoms in total. The van der Waals surface area contributed by atoms with Crippen LogP contribution in [0.1, 0.15) is 21.5 Å². The third-order valence-electron chi connectivity index (χ3n) is 5.39. The van der Waals surface area contributed by atoms with Crippen molar-refractivity contribution >= 4 is 45.4 Å². The molecule has 3 rings (SSSR count). The lowest BCUT2D eigenvalue weighted by molar-refractivity contribution is -0.126. The molecule has 0 saturated carbocycles. The van der Waals surface area contributed by atoms with Crippen molar-refractivity contribution in [1.29, 1.82) is 0 Å². The van der Waals surface area contributed by atoms with Crippen molar-refractivity contribution in [2.45, 2.75) is 10.0 Å². The van der Waals surface area contributed by atoms with Gasteiger partial charge in [-0.3, -0.25) is 4.79 Å². The van der Waals surface area contributed by atoms with Crippen molar-refractivity contribution < 1.29 is 36.1 Å². The SMILES string of the molecule is BC1(c2ccc(C(=O)OC)c(F)c2)OC(N)=C(OS(=O)(=O)C(B)(B)c2ccccc2)C1=O. The number of hydrogen-bond donors (Lipinski definition) is 1. The van der Waals surface area contributed by atoms with E-state index in [0.29, 0.717) is 5.56 Å². The summed E-state index contributed by atoms with van der Waals surface area (Å²) in [5.41, 5.74) is 4.04. The van der Waals surface area contributed by atoms with E-state index in [1.165, 1.54) is 29.6 Å². The minimum Gasteiger partial charge on any atom is -0.467 e. The van der Waals surface area contributed by atoms with Crippen molar-refractivity contribution in [3.63, 3.8) is 0 Å². The molecule has 13 heteroatoms. The highest BCUT2D eigenvalue weighted by atomic mass is 32.2. The highest BCUT2D eigenvalue weighted by Crippen LogP contribution is 2.38. The molecule has 0 aliphatic carbocycles. The number of ketones is 1. The fourth-order valence-electron chi connectivity index (χ4n) is 3.20. The summed E-state index contributed by atoms with van der Waals surface area (Å²) in [4.78, 5) is 24.7. The lowest BCUT2D eigenvalue weighted by atomic mass is 9.65. The van der Waals surface area contributed by atoms with E-state index in [-0.39, 0.29) is 11.1 Å². The number of rotatable bonds is 6. The van der Waals surface area contributed by atoms with E-state index in [9.17, 15) is 22.4 Å². The number of benzene rings is 2. The average molecular weight is 457 g/mol. The fraction of sp³-hybridized carbons (Fsp3) is 0.158. The molecule has 0 radical (unpaired) electrons. The molecule has 1 aliphatic heterocycles. The van der Waals surface area contributed by atoms with Crippen LogP contribution in [0.4, 0.5) is 4.39 Å². The van der Waals surface area contributed by atoms with Crippen LogP contribution in [0.3, 0.4) is 0 Å². The van der Waals surface area contributed by atoms with Gasteiger partial charge in [0.15, 0.2) is 13.3 Å². The minimum atomic E-state index is -4.40. The molecule has 2 N–H and O–H groups in total. The highest BCUT2D eigenvalue weighted by molar-refractivity contribution is 7.90. The summed E-state index contributed by atoms with van der Waals surface area (Å²) < 4.78 is 54.0. The number of methoxy groups -OCH3 is 1. The summed E-state index contributed by atoms with van der Waals surface area (Å²) in [6.07, 6.45) is 0. The van der Waals surface area contributed by atoms with Crippen molar-refractivity contribution in [1.82, 2.24) is 0 Å². The predicted molar refractivity (Wildman–Crippen MR) is 120 cm³/mol. The van der Waals surface area contributed by atoms with Gasteiger partial charge in [0.2, 0.25) is 17.4 Å². The van der Waals surface area contributed by atoms with Gasteiger partial charge in [-0.1, -0.05) is 36.4 Å². The number of nitrogens with two attached hydrogens (primary N) is 1. The molecule has 32 heavy (non-hydrogen) atoms. The molecule has 0 saturated heterocycles. The van der Waals surface area contributed by atoms with Gasteiger partial charge in [-0.15, -0.1) is 0 Å².